The Morgan fingerprint density at radius 3 is 2.65 bits per heavy atom. The van der Waals surface area contributed by atoms with Crippen LogP contribution in [0.3, 0.4) is 0 Å². The molecule has 0 spiro atoms. The number of nitriles is 1. The molecule has 0 saturated heterocycles. The molecule has 3 aromatic rings. The molecular weight excluding hydrogens is 292 g/mol. The van der Waals surface area contributed by atoms with E-state index in [-0.39, 0.29) is 11.3 Å². The smallest absolute Gasteiger partial charge is 0.276 e. The molecule has 0 bridgehead atoms. The van der Waals surface area contributed by atoms with Gasteiger partial charge in [0.2, 0.25) is 0 Å². The van der Waals surface area contributed by atoms with E-state index in [1.54, 1.807) is 22.8 Å². The van der Waals surface area contributed by atoms with E-state index in [1.807, 2.05) is 31.3 Å². The molecule has 0 saturated carbocycles. The maximum absolute atomic E-state index is 11.1. The van der Waals surface area contributed by atoms with E-state index in [9.17, 15) is 15.4 Å². The van der Waals surface area contributed by atoms with Crippen molar-refractivity contribution >= 4 is 28.4 Å². The highest BCUT2D eigenvalue weighted by molar-refractivity contribution is 5.92. The average molecular weight is 304 g/mol. The second kappa shape index (κ2) is 5.73. The third-order valence-corrected chi connectivity index (χ3v) is 3.58. The Labute approximate surface area is 132 Å². The normalized spacial score (nSPS) is 11.4. The molecule has 0 amide bonds. The second-order valence-electron chi connectivity index (χ2n) is 4.97. The average Bonchev–Trinajstić information content (AvgIpc) is 2.90. The zero-order chi connectivity index (χ0) is 16.4. The topological polar surface area (TPSA) is 84.8 Å². The van der Waals surface area contributed by atoms with E-state index in [4.69, 9.17) is 0 Å². The van der Waals surface area contributed by atoms with Crippen molar-refractivity contribution in [2.45, 2.75) is 0 Å². The lowest BCUT2D eigenvalue weighted by Crippen LogP contribution is -1.97. The minimum absolute atomic E-state index is 0.0426. The lowest BCUT2D eigenvalue weighted by atomic mass is 10.1. The van der Waals surface area contributed by atoms with Crippen molar-refractivity contribution in [3.63, 3.8) is 0 Å². The van der Waals surface area contributed by atoms with Gasteiger partial charge in [-0.2, -0.15) is 5.26 Å². The number of nitro benzene ring substituents is 1. The minimum Gasteiger partial charge on any atom is -0.327 e. The number of hydrogen-bond donors (Lipinski definition) is 0. The number of allylic oxidation sites excluding steroid dienone is 1. The van der Waals surface area contributed by atoms with E-state index in [1.165, 1.54) is 12.1 Å². The van der Waals surface area contributed by atoms with Gasteiger partial charge in [0.1, 0.15) is 6.07 Å². The number of nitro groups is 1. The number of aryl methyl sites for hydroxylation is 1. The maximum atomic E-state index is 11.1. The van der Waals surface area contributed by atoms with Gasteiger partial charge in [0.05, 0.1) is 27.1 Å². The van der Waals surface area contributed by atoms with Crippen LogP contribution in [-0.4, -0.2) is 14.5 Å². The summed E-state index contributed by atoms with van der Waals surface area (Å²) >= 11 is 0. The van der Waals surface area contributed by atoms with E-state index < -0.39 is 4.92 Å². The fraction of sp³-hybridized carbons (Fsp3) is 0.0588. The summed E-state index contributed by atoms with van der Waals surface area (Å²) in [6.45, 7) is 0. The number of para-hydroxylation sites is 3. The molecule has 2 aromatic carbocycles. The van der Waals surface area contributed by atoms with Gasteiger partial charge in [-0.1, -0.05) is 24.3 Å². The molecule has 23 heavy (non-hydrogen) atoms. The summed E-state index contributed by atoms with van der Waals surface area (Å²) in [6, 6.07) is 15.9. The predicted octanol–water partition coefficient (Wildman–Crippen LogP) is 3.55. The Bertz CT molecular complexity index is 980. The highest BCUT2D eigenvalue weighted by Gasteiger charge is 2.15. The molecule has 0 atom stereocenters. The zero-order valence-electron chi connectivity index (χ0n) is 12.3. The van der Waals surface area contributed by atoms with Crippen LogP contribution in [0.1, 0.15) is 11.4 Å². The van der Waals surface area contributed by atoms with E-state index in [2.05, 4.69) is 11.1 Å². The Kier molecular flexibility index (Phi) is 3.61. The first-order chi connectivity index (χ1) is 11.1. The van der Waals surface area contributed by atoms with Gasteiger partial charge in [-0.25, -0.2) is 4.98 Å². The van der Waals surface area contributed by atoms with Crippen LogP contribution < -0.4 is 0 Å². The summed E-state index contributed by atoms with van der Waals surface area (Å²) in [7, 11) is 1.81. The fourth-order valence-corrected chi connectivity index (χ4v) is 2.46. The monoisotopic (exact) mass is 304 g/mol. The minimum atomic E-state index is -0.463. The van der Waals surface area contributed by atoms with Gasteiger partial charge in [0.25, 0.3) is 5.69 Å². The number of rotatable bonds is 3. The first-order valence-electron chi connectivity index (χ1n) is 6.89. The summed E-state index contributed by atoms with van der Waals surface area (Å²) in [5.41, 5.74) is 2.28. The Morgan fingerprint density at radius 2 is 1.96 bits per heavy atom. The van der Waals surface area contributed by atoms with Crippen molar-refractivity contribution < 1.29 is 4.92 Å². The molecule has 6 heteroatoms. The van der Waals surface area contributed by atoms with Crippen LogP contribution >= 0.6 is 0 Å². The number of aromatic nitrogens is 2. The van der Waals surface area contributed by atoms with Crippen LogP contribution in [-0.2, 0) is 7.05 Å². The van der Waals surface area contributed by atoms with Crippen molar-refractivity contribution in [3.05, 3.63) is 70.0 Å². The molecule has 1 aromatic heterocycles. The summed E-state index contributed by atoms with van der Waals surface area (Å²) < 4.78 is 1.80. The third-order valence-electron chi connectivity index (χ3n) is 3.58. The highest BCUT2D eigenvalue weighted by atomic mass is 16.6. The lowest BCUT2D eigenvalue weighted by Gasteiger charge is -2.02. The van der Waals surface area contributed by atoms with Crippen LogP contribution in [0, 0.1) is 21.4 Å². The Hall–Kier alpha value is -3.46. The van der Waals surface area contributed by atoms with Crippen LogP contribution in [0.2, 0.25) is 0 Å². The third kappa shape index (κ3) is 2.56. The molecule has 0 unspecified atom stereocenters. The van der Waals surface area contributed by atoms with Crippen LogP contribution in [0.4, 0.5) is 5.69 Å². The SMILES string of the molecule is Cn1c(/C(C#N)=C/c2ccccc2[N+](=O)[O-])nc2ccccc21. The zero-order valence-corrected chi connectivity index (χ0v) is 12.3. The first kappa shape index (κ1) is 14.5. The first-order valence-corrected chi connectivity index (χ1v) is 6.89. The number of imidazole rings is 1. The van der Waals surface area contributed by atoms with Crippen LogP contribution in [0.5, 0.6) is 0 Å². The van der Waals surface area contributed by atoms with Gasteiger partial charge in [0, 0.05) is 13.1 Å². The van der Waals surface area contributed by atoms with Crippen LogP contribution in [0.25, 0.3) is 22.7 Å². The largest absolute Gasteiger partial charge is 0.327 e. The molecule has 1 heterocycles. The van der Waals surface area contributed by atoms with Gasteiger partial charge in [-0.05, 0) is 24.3 Å². The van der Waals surface area contributed by atoms with Crippen LogP contribution in [0.15, 0.2) is 48.5 Å². The number of nitrogens with zero attached hydrogens (tertiary/aromatic N) is 4. The molecule has 0 aliphatic carbocycles. The van der Waals surface area contributed by atoms with Crippen molar-refractivity contribution in [1.82, 2.24) is 9.55 Å². The predicted molar refractivity (Wildman–Crippen MR) is 87.3 cm³/mol. The van der Waals surface area contributed by atoms with Crippen molar-refractivity contribution in [2.75, 3.05) is 0 Å². The molecule has 0 aliphatic heterocycles. The molecule has 0 N–H and O–H groups in total. The molecule has 0 aliphatic rings. The number of fused-ring (bicyclic) bond motifs is 1. The molecule has 0 fully saturated rings. The Morgan fingerprint density at radius 1 is 1.26 bits per heavy atom. The Balaban J connectivity index is 2.18. The van der Waals surface area contributed by atoms with Gasteiger partial charge < -0.3 is 4.57 Å². The van der Waals surface area contributed by atoms with Crippen molar-refractivity contribution in [2.24, 2.45) is 7.05 Å². The summed E-state index contributed by atoms with van der Waals surface area (Å²) in [5, 5.41) is 20.6. The van der Waals surface area contributed by atoms with Gasteiger partial charge in [-0.15, -0.1) is 0 Å². The van der Waals surface area contributed by atoms with E-state index in [0.717, 1.165) is 11.0 Å². The molecule has 0 radical (unpaired) electrons. The summed E-state index contributed by atoms with van der Waals surface area (Å²) in [6.07, 6.45) is 1.50. The van der Waals surface area contributed by atoms with Gasteiger partial charge in [0.15, 0.2) is 5.82 Å². The van der Waals surface area contributed by atoms with Crippen molar-refractivity contribution in [3.8, 4) is 6.07 Å². The molecular formula is C17H12N4O2. The van der Waals surface area contributed by atoms with E-state index in [0.29, 0.717) is 11.4 Å². The maximum Gasteiger partial charge on any atom is 0.276 e. The lowest BCUT2D eigenvalue weighted by molar-refractivity contribution is -0.385. The van der Waals surface area contributed by atoms with E-state index >= 15 is 0 Å². The standard InChI is InChI=1S/C17H12N4O2/c1-20-16-9-5-3-7-14(16)19-17(20)13(11-18)10-12-6-2-4-8-15(12)21(22)23/h2-10H,1H3/b13-10+. The van der Waals surface area contributed by atoms with Gasteiger partial charge >= 0.3 is 0 Å². The van der Waals surface area contributed by atoms with Crippen molar-refractivity contribution in [1.29, 1.82) is 5.26 Å². The second-order valence-corrected chi connectivity index (χ2v) is 4.97. The number of benzene rings is 2. The quantitative estimate of drug-likeness (QED) is 0.421. The summed E-state index contributed by atoms with van der Waals surface area (Å²) in [4.78, 5) is 15.1. The molecule has 6 nitrogen and oxygen atoms in total. The summed E-state index contributed by atoms with van der Waals surface area (Å²) in [5.74, 6) is 0.479. The van der Waals surface area contributed by atoms with Gasteiger partial charge in [-0.3, -0.25) is 10.1 Å². The molecule has 112 valence electrons. The highest BCUT2D eigenvalue weighted by Crippen LogP contribution is 2.25. The number of hydrogen-bond acceptors (Lipinski definition) is 4. The molecule has 3 rings (SSSR count). The fourth-order valence-electron chi connectivity index (χ4n) is 2.46.